The molecule has 1 fully saturated rings. The predicted molar refractivity (Wildman–Crippen MR) is 88.2 cm³/mol. The van der Waals surface area contributed by atoms with Crippen molar-refractivity contribution in [1.82, 2.24) is 15.1 Å². The maximum absolute atomic E-state index is 13.0. The lowest BCUT2D eigenvalue weighted by molar-refractivity contribution is 0.110. The van der Waals surface area contributed by atoms with Crippen LogP contribution in [0.25, 0.3) is 0 Å². The zero-order valence-electron chi connectivity index (χ0n) is 13.2. The SMILES string of the molecule is Cc1nn(Cc2ccc(F)cc2)c(Cl)c1CNC[C@@H]1CCCO1. The van der Waals surface area contributed by atoms with Crippen molar-refractivity contribution in [2.24, 2.45) is 0 Å². The first kappa shape index (κ1) is 16.4. The van der Waals surface area contributed by atoms with Gasteiger partial charge in [-0.25, -0.2) is 9.07 Å². The van der Waals surface area contributed by atoms with Crippen molar-refractivity contribution in [3.63, 3.8) is 0 Å². The molecule has 0 saturated carbocycles. The van der Waals surface area contributed by atoms with Crippen molar-refractivity contribution in [3.8, 4) is 0 Å². The normalized spacial score (nSPS) is 17.8. The van der Waals surface area contributed by atoms with E-state index in [4.69, 9.17) is 16.3 Å². The molecule has 23 heavy (non-hydrogen) atoms. The third kappa shape index (κ3) is 4.10. The monoisotopic (exact) mass is 337 g/mol. The van der Waals surface area contributed by atoms with Crippen LogP contribution in [-0.2, 0) is 17.8 Å². The van der Waals surface area contributed by atoms with Crippen molar-refractivity contribution in [1.29, 1.82) is 0 Å². The average Bonchev–Trinajstić information content (AvgIpc) is 3.13. The minimum absolute atomic E-state index is 0.240. The molecule has 1 aliphatic rings. The molecule has 0 aliphatic carbocycles. The van der Waals surface area contributed by atoms with Crippen LogP contribution >= 0.6 is 11.6 Å². The minimum atomic E-state index is -0.240. The van der Waals surface area contributed by atoms with Gasteiger partial charge in [-0.2, -0.15) is 5.10 Å². The zero-order chi connectivity index (χ0) is 16.2. The van der Waals surface area contributed by atoms with E-state index in [1.165, 1.54) is 12.1 Å². The molecule has 4 nitrogen and oxygen atoms in total. The summed E-state index contributed by atoms with van der Waals surface area (Å²) in [5.74, 6) is -0.240. The molecule has 1 saturated heterocycles. The van der Waals surface area contributed by atoms with E-state index >= 15 is 0 Å². The minimum Gasteiger partial charge on any atom is -0.377 e. The Labute approximate surface area is 140 Å². The highest BCUT2D eigenvalue weighted by Crippen LogP contribution is 2.21. The lowest BCUT2D eigenvalue weighted by Crippen LogP contribution is -2.26. The Balaban J connectivity index is 1.62. The topological polar surface area (TPSA) is 39.1 Å². The number of hydrogen-bond donors (Lipinski definition) is 1. The summed E-state index contributed by atoms with van der Waals surface area (Å²) >= 11 is 6.46. The van der Waals surface area contributed by atoms with Gasteiger partial charge in [-0.15, -0.1) is 0 Å². The summed E-state index contributed by atoms with van der Waals surface area (Å²) in [5.41, 5.74) is 2.89. The second-order valence-corrected chi connectivity index (χ2v) is 6.26. The second-order valence-electron chi connectivity index (χ2n) is 5.90. The highest BCUT2D eigenvalue weighted by Gasteiger charge is 2.17. The molecule has 3 rings (SSSR count). The average molecular weight is 338 g/mol. The number of ether oxygens (including phenoxy) is 1. The molecule has 1 aliphatic heterocycles. The molecule has 6 heteroatoms. The molecule has 0 amide bonds. The first-order valence-corrected chi connectivity index (χ1v) is 8.30. The first-order chi connectivity index (χ1) is 11.1. The van der Waals surface area contributed by atoms with Crippen LogP contribution in [0.5, 0.6) is 0 Å². The lowest BCUT2D eigenvalue weighted by Gasteiger charge is -2.10. The maximum atomic E-state index is 13.0. The fourth-order valence-electron chi connectivity index (χ4n) is 2.82. The Bertz CT molecular complexity index is 651. The van der Waals surface area contributed by atoms with Crippen LogP contribution < -0.4 is 5.32 Å². The van der Waals surface area contributed by atoms with Crippen molar-refractivity contribution >= 4 is 11.6 Å². The molecular weight excluding hydrogens is 317 g/mol. The van der Waals surface area contributed by atoms with Gasteiger partial charge in [-0.05, 0) is 37.5 Å². The molecule has 1 atom stereocenters. The van der Waals surface area contributed by atoms with Crippen LogP contribution in [-0.4, -0.2) is 29.0 Å². The van der Waals surface area contributed by atoms with E-state index in [1.807, 2.05) is 6.92 Å². The molecule has 0 bridgehead atoms. The van der Waals surface area contributed by atoms with Crippen molar-refractivity contribution < 1.29 is 9.13 Å². The third-order valence-corrected chi connectivity index (χ3v) is 4.55. The second kappa shape index (κ2) is 7.43. The summed E-state index contributed by atoms with van der Waals surface area (Å²) in [6.45, 7) is 4.86. The van der Waals surface area contributed by atoms with Gasteiger partial charge in [-0.1, -0.05) is 23.7 Å². The van der Waals surface area contributed by atoms with Crippen LogP contribution in [0.3, 0.4) is 0 Å². The van der Waals surface area contributed by atoms with Gasteiger partial charge in [0.2, 0.25) is 0 Å². The van der Waals surface area contributed by atoms with E-state index in [0.717, 1.165) is 42.8 Å². The molecule has 124 valence electrons. The number of benzene rings is 1. The molecule has 2 aromatic rings. The van der Waals surface area contributed by atoms with Crippen LogP contribution in [0.2, 0.25) is 5.15 Å². The Morgan fingerprint density at radius 3 is 2.87 bits per heavy atom. The molecule has 1 aromatic carbocycles. The van der Waals surface area contributed by atoms with E-state index in [1.54, 1.807) is 16.8 Å². The summed E-state index contributed by atoms with van der Waals surface area (Å²) in [6, 6.07) is 6.39. The van der Waals surface area contributed by atoms with E-state index < -0.39 is 0 Å². The number of nitrogens with zero attached hydrogens (tertiary/aromatic N) is 2. The number of hydrogen-bond acceptors (Lipinski definition) is 3. The van der Waals surface area contributed by atoms with Gasteiger partial charge in [0.05, 0.1) is 18.3 Å². The number of aromatic nitrogens is 2. The van der Waals surface area contributed by atoms with Crippen molar-refractivity contribution in [2.45, 2.75) is 39.0 Å². The molecule has 1 N–H and O–H groups in total. The first-order valence-electron chi connectivity index (χ1n) is 7.92. The summed E-state index contributed by atoms with van der Waals surface area (Å²) in [6.07, 6.45) is 2.56. The zero-order valence-corrected chi connectivity index (χ0v) is 13.9. The van der Waals surface area contributed by atoms with Crippen LogP contribution in [0.4, 0.5) is 4.39 Å². The fourth-order valence-corrected chi connectivity index (χ4v) is 3.12. The Morgan fingerprint density at radius 1 is 1.39 bits per heavy atom. The fraction of sp³-hybridized carbons (Fsp3) is 0.471. The largest absolute Gasteiger partial charge is 0.377 e. The highest BCUT2D eigenvalue weighted by molar-refractivity contribution is 6.30. The smallest absolute Gasteiger partial charge is 0.132 e. The van der Waals surface area contributed by atoms with Gasteiger partial charge in [0.1, 0.15) is 11.0 Å². The van der Waals surface area contributed by atoms with Gasteiger partial charge >= 0.3 is 0 Å². The van der Waals surface area contributed by atoms with E-state index in [2.05, 4.69) is 10.4 Å². The van der Waals surface area contributed by atoms with Gasteiger partial charge in [0.15, 0.2) is 0 Å². The van der Waals surface area contributed by atoms with Crippen LogP contribution in [0.1, 0.15) is 29.7 Å². The van der Waals surface area contributed by atoms with Crippen molar-refractivity contribution in [2.75, 3.05) is 13.2 Å². The maximum Gasteiger partial charge on any atom is 0.132 e. The quantitative estimate of drug-likeness (QED) is 0.879. The molecule has 1 aromatic heterocycles. The Kier molecular flexibility index (Phi) is 5.30. The summed E-state index contributed by atoms with van der Waals surface area (Å²) in [4.78, 5) is 0. The van der Waals surface area contributed by atoms with Crippen LogP contribution in [0, 0.1) is 12.7 Å². The van der Waals surface area contributed by atoms with Gasteiger partial charge in [0, 0.05) is 25.3 Å². The van der Waals surface area contributed by atoms with Gasteiger partial charge in [-0.3, -0.25) is 0 Å². The molecular formula is C17H21ClFN3O. The summed E-state index contributed by atoms with van der Waals surface area (Å²) in [7, 11) is 0. The highest BCUT2D eigenvalue weighted by atomic mass is 35.5. The van der Waals surface area contributed by atoms with Crippen molar-refractivity contribution in [3.05, 3.63) is 52.1 Å². The lowest BCUT2D eigenvalue weighted by atomic mass is 10.2. The van der Waals surface area contributed by atoms with Gasteiger partial charge in [0.25, 0.3) is 0 Å². The third-order valence-electron chi connectivity index (χ3n) is 4.13. The molecule has 0 spiro atoms. The Morgan fingerprint density at radius 2 is 2.17 bits per heavy atom. The predicted octanol–water partition coefficient (Wildman–Crippen LogP) is 3.30. The van der Waals surface area contributed by atoms with E-state index in [-0.39, 0.29) is 5.82 Å². The van der Waals surface area contributed by atoms with Crippen LogP contribution in [0.15, 0.2) is 24.3 Å². The Hall–Kier alpha value is -1.43. The number of nitrogens with one attached hydrogen (secondary N) is 1. The standard InChI is InChI=1S/C17H21ClFN3O/c1-12-16(10-20-9-15-3-2-8-23-15)17(18)22(21-12)11-13-4-6-14(19)7-5-13/h4-7,15,20H,2-3,8-11H2,1H3/t15-/m0/s1. The molecule has 2 heterocycles. The van der Waals surface area contributed by atoms with E-state index in [0.29, 0.717) is 24.3 Å². The number of halogens is 2. The van der Waals surface area contributed by atoms with E-state index in [9.17, 15) is 4.39 Å². The number of aryl methyl sites for hydroxylation is 1. The summed E-state index contributed by atoms with van der Waals surface area (Å²) in [5, 5.41) is 8.53. The number of rotatable bonds is 6. The molecule has 0 radical (unpaired) electrons. The van der Waals surface area contributed by atoms with Gasteiger partial charge < -0.3 is 10.1 Å². The summed E-state index contributed by atoms with van der Waals surface area (Å²) < 4.78 is 20.3. The molecule has 0 unspecified atom stereocenters.